The molecule has 1 aliphatic carbocycles. The molecule has 10 nitrogen and oxygen atoms in total. The van der Waals surface area contributed by atoms with E-state index in [4.69, 9.17) is 4.52 Å². The maximum atomic E-state index is 13.1. The number of urea groups is 1. The molecule has 2 atom stereocenters. The number of imide groups is 1. The van der Waals surface area contributed by atoms with Gasteiger partial charge < -0.3 is 9.84 Å². The zero-order valence-electron chi connectivity index (χ0n) is 17.7. The second-order valence-electron chi connectivity index (χ2n) is 8.60. The number of carbonyl (C=O) groups excluding carboxylic acids is 2. The van der Waals surface area contributed by atoms with Crippen LogP contribution in [0.15, 0.2) is 9.42 Å². The number of nitrogens with zero attached hydrogens (tertiary/aromatic N) is 4. The fraction of sp³-hybridized carbons (Fsp3) is 0.737. The highest BCUT2D eigenvalue weighted by atomic mass is 32.2. The van der Waals surface area contributed by atoms with Crippen molar-refractivity contribution in [3.05, 3.63) is 11.5 Å². The van der Waals surface area contributed by atoms with Crippen LogP contribution in [0.2, 0.25) is 0 Å². The summed E-state index contributed by atoms with van der Waals surface area (Å²) in [6.07, 6.45) is 3.62. The van der Waals surface area contributed by atoms with Crippen molar-refractivity contribution in [2.45, 2.75) is 56.9 Å². The predicted octanol–water partition coefficient (Wildman–Crippen LogP) is 1.06. The molecular formula is C19H29N5O5S. The number of sulfonamides is 1. The van der Waals surface area contributed by atoms with Gasteiger partial charge in [0.2, 0.25) is 10.0 Å². The van der Waals surface area contributed by atoms with E-state index in [9.17, 15) is 18.0 Å². The largest absolute Gasteiger partial charge is 0.360 e. The topological polar surface area (TPSA) is 116 Å². The second kappa shape index (κ2) is 7.61. The van der Waals surface area contributed by atoms with Gasteiger partial charge in [0.15, 0.2) is 5.76 Å². The van der Waals surface area contributed by atoms with Crippen molar-refractivity contribution in [1.82, 2.24) is 24.6 Å². The molecule has 1 aromatic rings. The molecule has 3 aliphatic rings. The van der Waals surface area contributed by atoms with Crippen LogP contribution in [0.25, 0.3) is 0 Å². The third kappa shape index (κ3) is 3.32. The Balaban J connectivity index is 1.41. The van der Waals surface area contributed by atoms with Crippen molar-refractivity contribution in [2.75, 3.05) is 32.8 Å². The number of aromatic nitrogens is 1. The molecule has 30 heavy (non-hydrogen) atoms. The molecule has 1 N–H and O–H groups in total. The summed E-state index contributed by atoms with van der Waals surface area (Å²) in [5.41, 5.74) is -0.426. The first kappa shape index (κ1) is 21.3. The van der Waals surface area contributed by atoms with Crippen molar-refractivity contribution in [3.63, 3.8) is 0 Å². The monoisotopic (exact) mass is 439 g/mol. The van der Waals surface area contributed by atoms with Gasteiger partial charge in [0, 0.05) is 26.2 Å². The molecule has 166 valence electrons. The smallest absolute Gasteiger partial charge is 0.326 e. The van der Waals surface area contributed by atoms with Gasteiger partial charge in [-0.1, -0.05) is 24.9 Å². The zero-order valence-corrected chi connectivity index (χ0v) is 18.5. The lowest BCUT2D eigenvalue weighted by Gasteiger charge is -2.38. The van der Waals surface area contributed by atoms with Crippen LogP contribution >= 0.6 is 0 Å². The van der Waals surface area contributed by atoms with Gasteiger partial charge in [0.05, 0.1) is 6.67 Å². The van der Waals surface area contributed by atoms with E-state index in [2.05, 4.69) is 10.5 Å². The molecule has 3 heterocycles. The van der Waals surface area contributed by atoms with E-state index >= 15 is 0 Å². The Morgan fingerprint density at radius 2 is 1.87 bits per heavy atom. The average Bonchev–Trinajstić information content (AvgIpc) is 3.17. The van der Waals surface area contributed by atoms with Crippen LogP contribution in [0.4, 0.5) is 4.79 Å². The SMILES string of the molecule is Cc1noc(C)c1S(=O)(=O)N1CCN(CN2C(=O)N[C@@]3(CCCC[C@@H]3C)C2=O)CC1. The van der Waals surface area contributed by atoms with E-state index in [0.717, 1.165) is 19.3 Å². The van der Waals surface area contributed by atoms with E-state index in [1.807, 2.05) is 11.8 Å². The number of hydrogen-bond acceptors (Lipinski definition) is 7. The van der Waals surface area contributed by atoms with Crippen molar-refractivity contribution >= 4 is 22.0 Å². The lowest BCUT2D eigenvalue weighted by Crippen LogP contribution is -2.55. The maximum Gasteiger partial charge on any atom is 0.326 e. The summed E-state index contributed by atoms with van der Waals surface area (Å²) in [4.78, 5) is 29.1. The number of piperazine rings is 1. The van der Waals surface area contributed by atoms with Crippen molar-refractivity contribution in [1.29, 1.82) is 0 Å². The van der Waals surface area contributed by atoms with Gasteiger partial charge in [0.25, 0.3) is 5.91 Å². The fourth-order valence-electron chi connectivity index (χ4n) is 4.91. The van der Waals surface area contributed by atoms with Crippen LogP contribution in [0.1, 0.15) is 44.1 Å². The van der Waals surface area contributed by atoms with E-state index in [1.54, 1.807) is 13.8 Å². The number of nitrogens with one attached hydrogen (secondary N) is 1. The van der Waals surface area contributed by atoms with E-state index in [-0.39, 0.29) is 48.3 Å². The molecule has 2 saturated heterocycles. The lowest BCUT2D eigenvalue weighted by molar-refractivity contribution is -0.135. The van der Waals surface area contributed by atoms with Crippen LogP contribution in [-0.4, -0.2) is 78.0 Å². The first-order valence-corrected chi connectivity index (χ1v) is 11.9. The van der Waals surface area contributed by atoms with Crippen LogP contribution < -0.4 is 5.32 Å². The van der Waals surface area contributed by atoms with Crippen LogP contribution in [0.3, 0.4) is 0 Å². The molecule has 2 aliphatic heterocycles. The maximum absolute atomic E-state index is 13.1. The van der Waals surface area contributed by atoms with Crippen molar-refractivity contribution < 1.29 is 22.5 Å². The Hall–Kier alpha value is -1.98. The Morgan fingerprint density at radius 3 is 2.47 bits per heavy atom. The summed E-state index contributed by atoms with van der Waals surface area (Å²) >= 11 is 0. The summed E-state index contributed by atoms with van der Waals surface area (Å²) in [6, 6.07) is -0.348. The molecular weight excluding hydrogens is 410 g/mol. The number of rotatable bonds is 4. The Bertz CT molecular complexity index is 933. The predicted molar refractivity (Wildman–Crippen MR) is 107 cm³/mol. The summed E-state index contributed by atoms with van der Waals surface area (Å²) in [7, 11) is -3.69. The first-order chi connectivity index (χ1) is 14.2. The molecule has 0 bridgehead atoms. The Labute approximate surface area is 176 Å². The van der Waals surface area contributed by atoms with Gasteiger partial charge in [-0.25, -0.2) is 18.1 Å². The van der Waals surface area contributed by atoms with Gasteiger partial charge in [-0.2, -0.15) is 4.31 Å². The van der Waals surface area contributed by atoms with Gasteiger partial charge in [-0.15, -0.1) is 0 Å². The van der Waals surface area contributed by atoms with Crippen molar-refractivity contribution in [2.24, 2.45) is 5.92 Å². The van der Waals surface area contributed by atoms with E-state index < -0.39 is 15.6 Å². The lowest BCUT2D eigenvalue weighted by atomic mass is 9.73. The first-order valence-electron chi connectivity index (χ1n) is 10.5. The number of carbonyl (C=O) groups is 2. The van der Waals surface area contributed by atoms with Crippen LogP contribution in [0, 0.1) is 19.8 Å². The Kier molecular flexibility index (Phi) is 5.39. The fourth-order valence-corrected chi connectivity index (χ4v) is 6.62. The second-order valence-corrected chi connectivity index (χ2v) is 10.5. The van der Waals surface area contributed by atoms with Crippen LogP contribution in [0.5, 0.6) is 0 Å². The normalized spacial score (nSPS) is 29.0. The molecule has 3 fully saturated rings. The molecule has 1 spiro atoms. The third-order valence-electron chi connectivity index (χ3n) is 6.74. The zero-order chi connectivity index (χ0) is 21.7. The van der Waals surface area contributed by atoms with E-state index in [0.29, 0.717) is 25.2 Å². The summed E-state index contributed by atoms with van der Waals surface area (Å²) in [5.74, 6) is 0.247. The van der Waals surface area contributed by atoms with Crippen LogP contribution in [-0.2, 0) is 14.8 Å². The highest BCUT2D eigenvalue weighted by molar-refractivity contribution is 7.89. The molecule has 11 heteroatoms. The molecule has 0 unspecified atom stereocenters. The van der Waals surface area contributed by atoms with Gasteiger partial charge >= 0.3 is 6.03 Å². The molecule has 1 saturated carbocycles. The van der Waals surface area contributed by atoms with Gasteiger partial charge in [-0.05, 0) is 32.6 Å². The van der Waals surface area contributed by atoms with E-state index in [1.165, 1.54) is 9.21 Å². The van der Waals surface area contributed by atoms with Crippen molar-refractivity contribution in [3.8, 4) is 0 Å². The standard InChI is InChI=1S/C19H29N5O5S/c1-13-6-4-5-7-19(13)17(25)24(18(26)20-19)12-22-8-10-23(11-9-22)30(27,28)16-14(2)21-29-15(16)3/h13H,4-12H2,1-3H3,(H,20,26)/t13-,19+/m0/s1. The minimum absolute atomic E-state index is 0.115. The highest BCUT2D eigenvalue weighted by Gasteiger charge is 2.55. The molecule has 4 rings (SSSR count). The quantitative estimate of drug-likeness (QED) is 0.697. The molecule has 0 radical (unpaired) electrons. The minimum Gasteiger partial charge on any atom is -0.360 e. The Morgan fingerprint density at radius 1 is 1.17 bits per heavy atom. The highest BCUT2D eigenvalue weighted by Crippen LogP contribution is 2.38. The average molecular weight is 440 g/mol. The molecule has 0 aromatic carbocycles. The third-order valence-corrected chi connectivity index (χ3v) is 8.88. The molecule has 1 aromatic heterocycles. The molecule has 3 amide bonds. The number of aryl methyl sites for hydroxylation is 2. The van der Waals surface area contributed by atoms with Gasteiger partial charge in [-0.3, -0.25) is 9.69 Å². The summed E-state index contributed by atoms with van der Waals surface area (Å²) in [6.45, 7) is 6.82. The minimum atomic E-state index is -3.69. The van der Waals surface area contributed by atoms with Gasteiger partial charge in [0.1, 0.15) is 16.1 Å². The summed E-state index contributed by atoms with van der Waals surface area (Å²) < 4.78 is 32.3. The number of amides is 3. The number of hydrogen-bond donors (Lipinski definition) is 1. The summed E-state index contributed by atoms with van der Waals surface area (Å²) in [5, 5.41) is 6.70.